The van der Waals surface area contributed by atoms with Crippen LogP contribution in [0.1, 0.15) is 26.3 Å². The third kappa shape index (κ3) is 1.47. The lowest BCUT2D eigenvalue weighted by atomic mass is 9.92. The number of rotatable bonds is 1. The highest BCUT2D eigenvalue weighted by atomic mass is 16.2. The molecule has 0 aliphatic carbocycles. The normalized spacial score (nSPS) is 13.8. The van der Waals surface area contributed by atoms with Crippen molar-refractivity contribution in [1.29, 1.82) is 0 Å². The Bertz CT molecular complexity index is 746. The van der Waals surface area contributed by atoms with Crippen LogP contribution in [0.2, 0.25) is 0 Å². The Morgan fingerprint density at radius 1 is 1.11 bits per heavy atom. The van der Waals surface area contributed by atoms with Crippen LogP contribution in [-0.2, 0) is 0 Å². The molecule has 2 amide bonds. The monoisotopic (exact) mass is 249 g/mol. The second-order valence-corrected chi connectivity index (χ2v) is 4.56. The first-order chi connectivity index (χ1) is 9.15. The Morgan fingerprint density at radius 3 is 2.47 bits per heavy atom. The van der Waals surface area contributed by atoms with Crippen LogP contribution in [0.15, 0.2) is 30.3 Å². The van der Waals surface area contributed by atoms with E-state index in [2.05, 4.69) is 5.92 Å². The molecule has 3 heteroatoms. The molecule has 0 saturated carbocycles. The highest BCUT2D eigenvalue weighted by molar-refractivity contribution is 6.25. The van der Waals surface area contributed by atoms with E-state index in [1.807, 2.05) is 25.1 Å². The van der Waals surface area contributed by atoms with Crippen LogP contribution in [0, 0.1) is 19.3 Å². The fourth-order valence-electron chi connectivity index (χ4n) is 2.53. The number of benzene rings is 2. The fraction of sp³-hybridized carbons (Fsp3) is 0.125. The number of hydrogen-bond donors (Lipinski definition) is 0. The molecule has 1 heterocycles. The Kier molecular flexibility index (Phi) is 2.39. The molecule has 92 valence electrons. The quantitative estimate of drug-likeness (QED) is 0.575. The molecular weight excluding hydrogens is 238 g/mol. The van der Waals surface area contributed by atoms with Crippen molar-refractivity contribution in [2.24, 2.45) is 0 Å². The third-order valence-corrected chi connectivity index (χ3v) is 3.46. The van der Waals surface area contributed by atoms with Crippen molar-refractivity contribution in [3.8, 4) is 12.3 Å². The van der Waals surface area contributed by atoms with Gasteiger partial charge in [0.25, 0.3) is 11.8 Å². The molecule has 0 atom stereocenters. The molecule has 1 aliphatic heterocycles. The molecule has 0 aromatic heterocycles. The van der Waals surface area contributed by atoms with Gasteiger partial charge in [-0.1, -0.05) is 24.1 Å². The van der Waals surface area contributed by atoms with Crippen molar-refractivity contribution in [3.63, 3.8) is 0 Å². The van der Waals surface area contributed by atoms with Crippen molar-refractivity contribution >= 4 is 22.6 Å². The lowest BCUT2D eigenvalue weighted by Gasteiger charge is -2.26. The second-order valence-electron chi connectivity index (χ2n) is 4.56. The number of aryl methyl sites for hydroxylation is 1. The van der Waals surface area contributed by atoms with Crippen LogP contribution in [0.3, 0.4) is 0 Å². The van der Waals surface area contributed by atoms with Gasteiger partial charge in [0.15, 0.2) is 0 Å². The van der Waals surface area contributed by atoms with Gasteiger partial charge in [0.2, 0.25) is 0 Å². The maximum Gasteiger partial charge on any atom is 0.262 e. The molecule has 0 saturated heterocycles. The van der Waals surface area contributed by atoms with E-state index in [4.69, 9.17) is 6.42 Å². The Labute approximate surface area is 110 Å². The van der Waals surface area contributed by atoms with Gasteiger partial charge in [-0.2, -0.15) is 0 Å². The van der Waals surface area contributed by atoms with E-state index in [1.54, 1.807) is 12.1 Å². The lowest BCUT2D eigenvalue weighted by Crippen LogP contribution is -2.40. The van der Waals surface area contributed by atoms with Gasteiger partial charge < -0.3 is 0 Å². The van der Waals surface area contributed by atoms with Gasteiger partial charge in [0.1, 0.15) is 0 Å². The number of carbonyl (C=O) groups is 2. The van der Waals surface area contributed by atoms with E-state index in [-0.39, 0.29) is 18.4 Å². The molecule has 0 spiro atoms. The topological polar surface area (TPSA) is 37.4 Å². The molecule has 0 radical (unpaired) electrons. The van der Waals surface area contributed by atoms with Crippen molar-refractivity contribution < 1.29 is 9.59 Å². The minimum atomic E-state index is -0.313. The molecule has 3 nitrogen and oxygen atoms in total. The summed E-state index contributed by atoms with van der Waals surface area (Å²) in [5, 5.41) is 1.68. The third-order valence-electron chi connectivity index (χ3n) is 3.46. The van der Waals surface area contributed by atoms with Crippen LogP contribution >= 0.6 is 0 Å². The summed E-state index contributed by atoms with van der Waals surface area (Å²) < 4.78 is 0. The second kappa shape index (κ2) is 3.96. The summed E-state index contributed by atoms with van der Waals surface area (Å²) in [6.07, 6.45) is 5.23. The first kappa shape index (κ1) is 11.5. The van der Waals surface area contributed by atoms with Gasteiger partial charge in [-0.15, -0.1) is 6.42 Å². The molecule has 2 aromatic rings. The average Bonchev–Trinajstić information content (AvgIpc) is 2.42. The number of hydrogen-bond acceptors (Lipinski definition) is 2. The zero-order valence-corrected chi connectivity index (χ0v) is 10.4. The molecule has 1 aliphatic rings. The highest BCUT2D eigenvalue weighted by Crippen LogP contribution is 2.31. The lowest BCUT2D eigenvalue weighted by molar-refractivity contribution is 0.0632. The van der Waals surface area contributed by atoms with Gasteiger partial charge in [0, 0.05) is 16.5 Å². The largest absolute Gasteiger partial charge is 0.269 e. The minimum absolute atomic E-state index is 0.00136. The maximum atomic E-state index is 12.3. The summed E-state index contributed by atoms with van der Waals surface area (Å²) in [7, 11) is 0. The predicted molar refractivity (Wildman–Crippen MR) is 72.9 cm³/mol. The molecule has 0 fully saturated rings. The summed E-state index contributed by atoms with van der Waals surface area (Å²) in [4.78, 5) is 25.8. The standard InChI is InChI=1S/C16H11NO2/c1-3-9-17-15(18)12-6-4-5-11-10(2)7-8-13(14(11)12)16(17)19/h1,4-8H,9H2,2H3. The van der Waals surface area contributed by atoms with E-state index in [9.17, 15) is 9.59 Å². The molecule has 0 N–H and O–H groups in total. The molecule has 0 unspecified atom stereocenters. The van der Waals surface area contributed by atoms with Crippen molar-refractivity contribution in [3.05, 3.63) is 47.0 Å². The van der Waals surface area contributed by atoms with Gasteiger partial charge >= 0.3 is 0 Å². The summed E-state index contributed by atoms with van der Waals surface area (Å²) in [5.74, 6) is 1.73. The van der Waals surface area contributed by atoms with Gasteiger partial charge in [-0.05, 0) is 30.0 Å². The summed E-state index contributed by atoms with van der Waals surface area (Å²) in [5.41, 5.74) is 2.14. The van der Waals surface area contributed by atoms with E-state index in [0.29, 0.717) is 11.1 Å². The number of terminal acetylenes is 1. The van der Waals surface area contributed by atoms with Gasteiger partial charge in [-0.3, -0.25) is 14.5 Å². The first-order valence-corrected chi connectivity index (χ1v) is 5.97. The van der Waals surface area contributed by atoms with E-state index < -0.39 is 0 Å². The predicted octanol–water partition coefficient (Wildman–Crippen LogP) is 2.38. The van der Waals surface area contributed by atoms with Crippen LogP contribution in [-0.4, -0.2) is 23.3 Å². The van der Waals surface area contributed by atoms with Crippen LogP contribution in [0.4, 0.5) is 0 Å². The molecule has 0 bridgehead atoms. The number of carbonyl (C=O) groups excluding carboxylic acids is 2. The summed E-state index contributed by atoms with van der Waals surface area (Å²) in [6, 6.07) is 9.15. The van der Waals surface area contributed by atoms with E-state index in [1.165, 1.54) is 0 Å². The van der Waals surface area contributed by atoms with Crippen molar-refractivity contribution in [2.45, 2.75) is 6.92 Å². The van der Waals surface area contributed by atoms with Gasteiger partial charge in [-0.25, -0.2) is 0 Å². The SMILES string of the molecule is C#CCN1C(=O)c2cccc3c(C)ccc(c23)C1=O. The Balaban J connectivity index is 2.39. The molecule has 19 heavy (non-hydrogen) atoms. The molecule has 3 rings (SSSR count). The number of nitrogens with zero attached hydrogens (tertiary/aromatic N) is 1. The summed E-state index contributed by atoms with van der Waals surface area (Å²) in [6.45, 7) is 1.97. The highest BCUT2D eigenvalue weighted by Gasteiger charge is 2.32. The number of amides is 2. The average molecular weight is 249 g/mol. The first-order valence-electron chi connectivity index (χ1n) is 5.97. The molecular formula is C16H11NO2. The number of imide groups is 1. The molecule has 2 aromatic carbocycles. The maximum absolute atomic E-state index is 12.3. The Morgan fingerprint density at radius 2 is 1.79 bits per heavy atom. The van der Waals surface area contributed by atoms with Gasteiger partial charge in [0.05, 0.1) is 6.54 Å². The zero-order chi connectivity index (χ0) is 13.6. The minimum Gasteiger partial charge on any atom is -0.269 e. The van der Waals surface area contributed by atoms with Crippen LogP contribution in [0.25, 0.3) is 10.8 Å². The smallest absolute Gasteiger partial charge is 0.262 e. The van der Waals surface area contributed by atoms with Crippen molar-refractivity contribution in [1.82, 2.24) is 4.90 Å². The Hall–Kier alpha value is -2.60. The fourth-order valence-corrected chi connectivity index (χ4v) is 2.53. The van der Waals surface area contributed by atoms with Crippen LogP contribution < -0.4 is 0 Å². The van der Waals surface area contributed by atoms with E-state index >= 15 is 0 Å². The van der Waals surface area contributed by atoms with Crippen molar-refractivity contribution in [2.75, 3.05) is 6.54 Å². The van der Waals surface area contributed by atoms with Crippen LogP contribution in [0.5, 0.6) is 0 Å². The van der Waals surface area contributed by atoms with E-state index in [0.717, 1.165) is 21.2 Å². The summed E-state index contributed by atoms with van der Waals surface area (Å²) >= 11 is 0. The zero-order valence-electron chi connectivity index (χ0n) is 10.4.